The molecule has 0 spiro atoms. The van der Waals surface area contributed by atoms with Crippen LogP contribution in [0.25, 0.3) is 39.0 Å². The Morgan fingerprint density at radius 3 is 1.89 bits per heavy atom. The Kier molecular flexibility index (Phi) is 7.54. The zero-order chi connectivity index (χ0) is 30.8. The van der Waals surface area contributed by atoms with Gasteiger partial charge in [0.1, 0.15) is 24.7 Å². The van der Waals surface area contributed by atoms with Crippen molar-refractivity contribution in [1.29, 1.82) is 0 Å². The second-order valence-corrected chi connectivity index (χ2v) is 11.1. The maximum absolute atomic E-state index is 11.8. The number of hydrogen-bond donors (Lipinski definition) is 1. The molecule has 1 N–H and O–H groups in total. The lowest BCUT2D eigenvalue weighted by Crippen LogP contribution is -2.00. The summed E-state index contributed by atoms with van der Waals surface area (Å²) in [5, 5.41) is 11.9. The predicted octanol–water partition coefficient (Wildman–Crippen LogP) is 8.74. The van der Waals surface area contributed by atoms with Crippen LogP contribution in [-0.4, -0.2) is 21.0 Å². The van der Waals surface area contributed by atoms with E-state index in [1.165, 1.54) is 0 Å². The number of allylic oxidation sites excluding steroid dienone is 2. The highest BCUT2D eigenvalue weighted by Gasteiger charge is 2.26. The topological polar surface area (TPSA) is 81.5 Å². The highest BCUT2D eigenvalue weighted by molar-refractivity contribution is 6.07. The maximum atomic E-state index is 11.8. The van der Waals surface area contributed by atoms with Gasteiger partial charge in [-0.15, -0.1) is 0 Å². The molecule has 1 aliphatic carbocycles. The Balaban J connectivity index is 1.09. The van der Waals surface area contributed by atoms with Gasteiger partial charge >= 0.3 is 5.97 Å². The van der Waals surface area contributed by atoms with Gasteiger partial charge in [-0.2, -0.15) is 0 Å². The van der Waals surface area contributed by atoms with E-state index in [-0.39, 0.29) is 6.42 Å². The minimum Gasteiger partial charge on any atom is -0.487 e. The number of aromatic nitrogens is 2. The zero-order valence-corrected chi connectivity index (χ0v) is 24.7. The molecule has 0 fully saturated rings. The first kappa shape index (κ1) is 28.0. The lowest BCUT2D eigenvalue weighted by atomic mass is 10.0. The van der Waals surface area contributed by atoms with Gasteiger partial charge in [0.25, 0.3) is 0 Å². The number of fused-ring (bicyclic) bond motifs is 3. The minimum atomic E-state index is -0.870. The molecule has 6 nitrogen and oxygen atoms in total. The molecule has 1 aliphatic rings. The van der Waals surface area contributed by atoms with E-state index in [0.717, 1.165) is 72.4 Å². The second kappa shape index (κ2) is 12.1. The monoisotopic (exact) mass is 590 g/mol. The first-order chi connectivity index (χ1) is 22.0. The summed E-state index contributed by atoms with van der Waals surface area (Å²) in [6, 6.07) is 37.8. The number of hydrogen-bond acceptors (Lipinski definition) is 5. The Hall–Kier alpha value is -5.75. The van der Waals surface area contributed by atoms with Crippen LogP contribution in [0.1, 0.15) is 41.4 Å². The van der Waals surface area contributed by atoms with Crippen LogP contribution < -0.4 is 9.47 Å². The smallest absolute Gasteiger partial charge is 0.307 e. The van der Waals surface area contributed by atoms with Gasteiger partial charge in [0.05, 0.1) is 28.8 Å². The Bertz CT molecular complexity index is 2130. The summed E-state index contributed by atoms with van der Waals surface area (Å²) in [7, 11) is 0. The van der Waals surface area contributed by atoms with Crippen LogP contribution in [-0.2, 0) is 18.0 Å². The van der Waals surface area contributed by atoms with Crippen molar-refractivity contribution in [3.63, 3.8) is 0 Å². The van der Waals surface area contributed by atoms with Gasteiger partial charge in [0, 0.05) is 10.8 Å². The second-order valence-electron chi connectivity index (χ2n) is 11.1. The first-order valence-electron chi connectivity index (χ1n) is 14.8. The molecular formula is C39H30N2O4. The van der Waals surface area contributed by atoms with Crippen molar-refractivity contribution in [1.82, 2.24) is 9.97 Å². The lowest BCUT2D eigenvalue weighted by molar-refractivity contribution is -0.135. The van der Waals surface area contributed by atoms with Gasteiger partial charge in [-0.25, -0.2) is 9.97 Å². The highest BCUT2D eigenvalue weighted by atomic mass is 16.5. The molecule has 45 heavy (non-hydrogen) atoms. The van der Waals surface area contributed by atoms with Crippen molar-refractivity contribution in [2.75, 3.05) is 0 Å². The van der Waals surface area contributed by atoms with Crippen LogP contribution in [0.15, 0.2) is 121 Å². The summed E-state index contributed by atoms with van der Waals surface area (Å²) in [5.41, 5.74) is 9.16. The maximum Gasteiger partial charge on any atom is 0.307 e. The van der Waals surface area contributed by atoms with Crippen molar-refractivity contribution in [3.8, 4) is 11.5 Å². The molecule has 0 bridgehead atoms. The number of pyridine rings is 2. The van der Waals surface area contributed by atoms with Gasteiger partial charge in [0.15, 0.2) is 0 Å². The Morgan fingerprint density at radius 1 is 0.689 bits per heavy atom. The van der Waals surface area contributed by atoms with Crippen LogP contribution in [0.4, 0.5) is 0 Å². The molecule has 6 heteroatoms. The van der Waals surface area contributed by atoms with Gasteiger partial charge in [0.2, 0.25) is 0 Å². The van der Waals surface area contributed by atoms with Crippen LogP contribution in [0.2, 0.25) is 0 Å². The average molecular weight is 591 g/mol. The highest BCUT2D eigenvalue weighted by Crippen LogP contribution is 2.45. The van der Waals surface area contributed by atoms with Crippen molar-refractivity contribution >= 4 is 45.0 Å². The van der Waals surface area contributed by atoms with Gasteiger partial charge in [-0.1, -0.05) is 66.7 Å². The van der Waals surface area contributed by atoms with Gasteiger partial charge in [-0.3, -0.25) is 4.79 Å². The minimum absolute atomic E-state index is 0.0680. The molecule has 7 rings (SSSR count). The van der Waals surface area contributed by atoms with Crippen LogP contribution >= 0.6 is 0 Å². The van der Waals surface area contributed by atoms with Crippen LogP contribution in [0.3, 0.4) is 0 Å². The standard InChI is InChI=1S/C39H30N2O4/c1-25-34(20-26-10-16-31(17-11-26)44-23-29-14-12-27-6-2-4-8-37(27)40-29)33-19-18-32(21-36(33)35(25)22-39(42)43)45-24-30-15-13-28-7-3-5-9-38(28)41-30/h2-21H,22-24H2,1H3,(H,42,43). The van der Waals surface area contributed by atoms with E-state index in [4.69, 9.17) is 14.5 Å². The Labute approximate surface area is 260 Å². The number of ether oxygens (including phenoxy) is 2. The third-order valence-electron chi connectivity index (χ3n) is 8.07. The SMILES string of the molecule is CC1=C(CC(=O)O)c2cc(OCc3ccc4ccccc4n3)ccc2C1=Cc1ccc(OCc2ccc3ccccc3n2)cc1. The van der Waals surface area contributed by atoms with E-state index >= 15 is 0 Å². The Morgan fingerprint density at radius 2 is 1.27 bits per heavy atom. The molecule has 0 radical (unpaired) electrons. The summed E-state index contributed by atoms with van der Waals surface area (Å²) < 4.78 is 12.1. The van der Waals surface area contributed by atoms with Crippen LogP contribution in [0, 0.1) is 0 Å². The lowest BCUT2D eigenvalue weighted by Gasteiger charge is -2.10. The van der Waals surface area contributed by atoms with Crippen molar-refractivity contribution < 1.29 is 19.4 Å². The molecule has 0 aliphatic heterocycles. The molecule has 220 valence electrons. The molecule has 0 atom stereocenters. The van der Waals surface area contributed by atoms with Crippen molar-refractivity contribution in [2.24, 2.45) is 0 Å². The summed E-state index contributed by atoms with van der Waals surface area (Å²) >= 11 is 0. The fraction of sp³-hybridized carbons (Fsp3) is 0.103. The molecular weight excluding hydrogens is 560 g/mol. The molecule has 6 aromatic rings. The third kappa shape index (κ3) is 6.04. The summed E-state index contributed by atoms with van der Waals surface area (Å²) in [5.74, 6) is 0.550. The number of carboxylic acids is 1. The van der Waals surface area contributed by atoms with Crippen molar-refractivity contribution in [2.45, 2.75) is 26.6 Å². The zero-order valence-electron chi connectivity index (χ0n) is 24.7. The number of carboxylic acid groups (broad SMARTS) is 1. The molecule has 0 saturated carbocycles. The molecule has 0 saturated heterocycles. The normalized spacial score (nSPS) is 13.4. The predicted molar refractivity (Wildman–Crippen MR) is 178 cm³/mol. The molecule has 0 unspecified atom stereocenters. The van der Waals surface area contributed by atoms with E-state index in [1.54, 1.807) is 0 Å². The fourth-order valence-corrected chi connectivity index (χ4v) is 5.75. The number of carbonyl (C=O) groups is 1. The number of nitrogens with zero attached hydrogens (tertiary/aromatic N) is 2. The molecule has 4 aromatic carbocycles. The number of rotatable bonds is 9. The average Bonchev–Trinajstić information content (AvgIpc) is 3.31. The quantitative estimate of drug-likeness (QED) is 0.181. The van der Waals surface area contributed by atoms with E-state index in [2.05, 4.69) is 17.1 Å². The van der Waals surface area contributed by atoms with Crippen molar-refractivity contribution in [3.05, 3.63) is 149 Å². The fourth-order valence-electron chi connectivity index (χ4n) is 5.75. The summed E-state index contributed by atoms with van der Waals surface area (Å²) in [6.45, 7) is 2.67. The van der Waals surface area contributed by atoms with E-state index < -0.39 is 5.97 Å². The number of benzene rings is 4. The van der Waals surface area contributed by atoms with Gasteiger partial charge in [-0.05, 0) is 94.9 Å². The third-order valence-corrected chi connectivity index (χ3v) is 8.07. The first-order valence-corrected chi connectivity index (χ1v) is 14.8. The largest absolute Gasteiger partial charge is 0.487 e. The molecule has 2 heterocycles. The van der Waals surface area contributed by atoms with E-state index in [9.17, 15) is 9.90 Å². The number of aliphatic carboxylic acids is 1. The molecule has 0 amide bonds. The van der Waals surface area contributed by atoms with Crippen LogP contribution in [0.5, 0.6) is 11.5 Å². The van der Waals surface area contributed by atoms with Gasteiger partial charge < -0.3 is 14.6 Å². The summed E-state index contributed by atoms with van der Waals surface area (Å²) in [6.07, 6.45) is 2.03. The molecule has 2 aromatic heterocycles. The summed E-state index contributed by atoms with van der Waals surface area (Å²) in [4.78, 5) is 21.2. The van der Waals surface area contributed by atoms with E-state index in [1.807, 2.05) is 116 Å². The number of para-hydroxylation sites is 2. The van der Waals surface area contributed by atoms with E-state index in [0.29, 0.717) is 19.0 Å².